The summed E-state index contributed by atoms with van der Waals surface area (Å²) in [7, 11) is 0. The molecule has 1 aliphatic rings. The van der Waals surface area contributed by atoms with Gasteiger partial charge in [-0.2, -0.15) is 0 Å². The number of carbonyl (C=O) groups excluding carboxylic acids is 2. The van der Waals surface area contributed by atoms with Crippen LogP contribution in [-0.4, -0.2) is 46.9 Å². The lowest BCUT2D eigenvalue weighted by Gasteiger charge is -2.35. The highest BCUT2D eigenvalue weighted by Gasteiger charge is 2.29. The molecule has 0 atom stereocenters. The van der Waals surface area contributed by atoms with Gasteiger partial charge in [0, 0.05) is 37.3 Å². The lowest BCUT2D eigenvalue weighted by Crippen LogP contribution is -2.46. The zero-order valence-corrected chi connectivity index (χ0v) is 19.5. The van der Waals surface area contributed by atoms with E-state index in [1.807, 2.05) is 56.0 Å². The van der Waals surface area contributed by atoms with E-state index >= 15 is 0 Å². The number of amides is 1. The molecule has 0 radical (unpaired) electrons. The van der Waals surface area contributed by atoms with E-state index in [1.165, 1.54) is 12.1 Å². The summed E-state index contributed by atoms with van der Waals surface area (Å²) in [6.45, 7) is 7.25. The van der Waals surface area contributed by atoms with Gasteiger partial charge in [0.1, 0.15) is 0 Å². The maximum atomic E-state index is 13.0. The van der Waals surface area contributed by atoms with Gasteiger partial charge >= 0.3 is 5.97 Å². The van der Waals surface area contributed by atoms with Gasteiger partial charge in [0.05, 0.1) is 16.2 Å². The van der Waals surface area contributed by atoms with Crippen molar-refractivity contribution in [2.24, 2.45) is 0 Å². The first-order valence-electron chi connectivity index (χ1n) is 11.2. The van der Waals surface area contributed by atoms with Crippen molar-refractivity contribution in [3.8, 4) is 0 Å². The zero-order valence-electron chi connectivity index (χ0n) is 19.5. The topological polar surface area (TPSA) is 93.0 Å². The molecule has 0 spiro atoms. The average Bonchev–Trinajstić information content (AvgIpc) is 2.81. The van der Waals surface area contributed by atoms with Crippen LogP contribution < -0.4 is 4.90 Å². The first kappa shape index (κ1) is 24.2. The van der Waals surface area contributed by atoms with Crippen molar-refractivity contribution < 1.29 is 19.2 Å². The van der Waals surface area contributed by atoms with Gasteiger partial charge in [0.25, 0.3) is 11.6 Å². The van der Waals surface area contributed by atoms with Crippen LogP contribution in [0.1, 0.15) is 56.0 Å². The van der Waals surface area contributed by atoms with E-state index in [2.05, 4.69) is 0 Å². The number of carbonyl (C=O) groups is 2. The number of anilines is 1. The molecule has 2 aromatic carbocycles. The molecule has 33 heavy (non-hydrogen) atoms. The van der Waals surface area contributed by atoms with Crippen molar-refractivity contribution in [3.63, 3.8) is 0 Å². The average molecular weight is 454 g/mol. The minimum atomic E-state index is -0.735. The molecule has 176 valence electrons. The third-order valence-corrected chi connectivity index (χ3v) is 5.73. The Labute approximate surface area is 194 Å². The summed E-state index contributed by atoms with van der Waals surface area (Å²) in [5.41, 5.74) is 1.02. The summed E-state index contributed by atoms with van der Waals surface area (Å²) in [4.78, 5) is 40.4. The summed E-state index contributed by atoms with van der Waals surface area (Å²) in [5.74, 6) is -1.06. The van der Waals surface area contributed by atoms with Crippen molar-refractivity contribution in [1.29, 1.82) is 0 Å². The van der Waals surface area contributed by atoms with E-state index in [0.717, 1.165) is 37.9 Å². The van der Waals surface area contributed by atoms with Crippen LogP contribution in [0.25, 0.3) is 0 Å². The normalized spacial score (nSPS) is 14.0. The number of esters is 1. The molecule has 8 heteroatoms. The van der Waals surface area contributed by atoms with Gasteiger partial charge in [0.2, 0.25) is 0 Å². The third kappa shape index (κ3) is 6.31. The second kappa shape index (κ2) is 10.5. The molecule has 0 aromatic heterocycles. The SMILES string of the molecule is CC(C)(C)N(Cc1ccccc1)C(=O)COC(=O)c1cc([N+](=O)[O-])ccc1N1CCCCC1. The third-order valence-electron chi connectivity index (χ3n) is 5.73. The predicted octanol–water partition coefficient (Wildman–Crippen LogP) is 4.57. The Kier molecular flexibility index (Phi) is 7.68. The van der Waals surface area contributed by atoms with Gasteiger partial charge < -0.3 is 14.5 Å². The van der Waals surface area contributed by atoms with Gasteiger partial charge in [0.15, 0.2) is 6.61 Å². The van der Waals surface area contributed by atoms with Crippen LogP contribution in [0.2, 0.25) is 0 Å². The summed E-state index contributed by atoms with van der Waals surface area (Å²) in [6, 6.07) is 13.8. The van der Waals surface area contributed by atoms with Crippen molar-refractivity contribution in [3.05, 3.63) is 69.8 Å². The Bertz CT molecular complexity index is 995. The first-order valence-corrected chi connectivity index (χ1v) is 11.2. The monoisotopic (exact) mass is 453 g/mol. The summed E-state index contributed by atoms with van der Waals surface area (Å²) < 4.78 is 5.39. The molecule has 2 aromatic rings. The Morgan fingerprint density at radius 2 is 1.73 bits per heavy atom. The van der Waals surface area contributed by atoms with Gasteiger partial charge in [-0.05, 0) is 51.7 Å². The van der Waals surface area contributed by atoms with Crippen LogP contribution in [0.3, 0.4) is 0 Å². The molecule has 1 saturated heterocycles. The molecule has 1 heterocycles. The standard InChI is InChI=1S/C25H31N3O5/c1-25(2,3)27(17-19-10-6-4-7-11-19)23(29)18-33-24(30)21-16-20(28(31)32)12-13-22(21)26-14-8-5-9-15-26/h4,6-7,10-13,16H,5,8-9,14-15,17-18H2,1-3H3. The molecule has 1 fully saturated rings. The number of nitrogens with zero attached hydrogens (tertiary/aromatic N) is 3. The fourth-order valence-corrected chi connectivity index (χ4v) is 3.96. The molecule has 0 aliphatic carbocycles. The fraction of sp³-hybridized carbons (Fsp3) is 0.440. The molecule has 0 N–H and O–H groups in total. The molecular formula is C25H31N3O5. The summed E-state index contributed by atoms with van der Waals surface area (Å²) in [5, 5.41) is 11.3. The second-order valence-corrected chi connectivity index (χ2v) is 9.22. The highest BCUT2D eigenvalue weighted by molar-refractivity contribution is 5.97. The zero-order chi connectivity index (χ0) is 24.0. The van der Waals surface area contributed by atoms with Crippen molar-refractivity contribution in [2.45, 2.75) is 52.1 Å². The first-order chi connectivity index (χ1) is 15.7. The molecule has 0 bridgehead atoms. The van der Waals surface area contributed by atoms with Crippen LogP contribution >= 0.6 is 0 Å². The highest BCUT2D eigenvalue weighted by atomic mass is 16.6. The van der Waals surface area contributed by atoms with Crippen molar-refractivity contribution in [1.82, 2.24) is 4.90 Å². The van der Waals surface area contributed by atoms with E-state index in [-0.39, 0.29) is 17.2 Å². The largest absolute Gasteiger partial charge is 0.452 e. The smallest absolute Gasteiger partial charge is 0.341 e. The number of rotatable bonds is 7. The van der Waals surface area contributed by atoms with Gasteiger partial charge in [-0.15, -0.1) is 0 Å². The maximum absolute atomic E-state index is 13.0. The van der Waals surface area contributed by atoms with Gasteiger partial charge in [-0.1, -0.05) is 30.3 Å². The Balaban J connectivity index is 1.77. The molecule has 0 unspecified atom stereocenters. The number of ether oxygens (including phenoxy) is 1. The number of nitro benzene ring substituents is 1. The van der Waals surface area contributed by atoms with Crippen LogP contribution in [0.15, 0.2) is 48.5 Å². The number of piperidine rings is 1. The Morgan fingerprint density at radius 1 is 1.06 bits per heavy atom. The predicted molar refractivity (Wildman–Crippen MR) is 126 cm³/mol. The van der Waals surface area contributed by atoms with Gasteiger partial charge in [-0.3, -0.25) is 14.9 Å². The number of hydrogen-bond donors (Lipinski definition) is 0. The molecule has 1 amide bonds. The second-order valence-electron chi connectivity index (χ2n) is 9.22. The van der Waals surface area contributed by atoms with Gasteiger partial charge in [-0.25, -0.2) is 4.79 Å². The minimum absolute atomic E-state index is 0.115. The lowest BCUT2D eigenvalue weighted by atomic mass is 10.0. The maximum Gasteiger partial charge on any atom is 0.341 e. The number of benzene rings is 2. The summed E-state index contributed by atoms with van der Waals surface area (Å²) >= 11 is 0. The molecule has 1 aliphatic heterocycles. The Morgan fingerprint density at radius 3 is 2.33 bits per heavy atom. The van der Waals surface area contributed by atoms with E-state index in [4.69, 9.17) is 4.74 Å². The number of hydrogen-bond acceptors (Lipinski definition) is 6. The molecule has 8 nitrogen and oxygen atoms in total. The Hall–Kier alpha value is -3.42. The molecule has 0 saturated carbocycles. The van der Waals surface area contributed by atoms with Crippen LogP contribution in [0.5, 0.6) is 0 Å². The van der Waals surface area contributed by atoms with Crippen molar-refractivity contribution in [2.75, 3.05) is 24.6 Å². The minimum Gasteiger partial charge on any atom is -0.452 e. The lowest BCUT2D eigenvalue weighted by molar-refractivity contribution is -0.384. The van der Waals surface area contributed by atoms with Crippen molar-refractivity contribution >= 4 is 23.3 Å². The van der Waals surface area contributed by atoms with E-state index < -0.39 is 23.0 Å². The fourth-order valence-electron chi connectivity index (χ4n) is 3.96. The number of non-ortho nitro benzene ring substituents is 1. The molecule has 3 rings (SSSR count). The summed E-state index contributed by atoms with van der Waals surface area (Å²) in [6.07, 6.45) is 3.09. The van der Waals surface area contributed by atoms with E-state index in [1.54, 1.807) is 11.0 Å². The highest BCUT2D eigenvalue weighted by Crippen LogP contribution is 2.29. The molecular weight excluding hydrogens is 422 g/mol. The van der Waals surface area contributed by atoms with Crippen LogP contribution in [0, 0.1) is 10.1 Å². The van der Waals surface area contributed by atoms with E-state index in [0.29, 0.717) is 12.2 Å². The van der Waals surface area contributed by atoms with Crippen LogP contribution in [0.4, 0.5) is 11.4 Å². The van der Waals surface area contributed by atoms with Crippen LogP contribution in [-0.2, 0) is 16.1 Å². The van der Waals surface area contributed by atoms with E-state index in [9.17, 15) is 19.7 Å². The quantitative estimate of drug-likeness (QED) is 0.346. The number of nitro groups is 1.